The Morgan fingerprint density at radius 2 is 1.71 bits per heavy atom. The molecule has 1 aliphatic heterocycles. The van der Waals surface area contributed by atoms with Gasteiger partial charge in [-0.05, 0) is 19.1 Å². The van der Waals surface area contributed by atoms with Gasteiger partial charge in [0.15, 0.2) is 6.10 Å². The number of piperazine rings is 1. The summed E-state index contributed by atoms with van der Waals surface area (Å²) >= 11 is 0. The normalized spacial score (nSPS) is 18.3. The van der Waals surface area contributed by atoms with Crippen molar-refractivity contribution >= 4 is 15.9 Å². The van der Waals surface area contributed by atoms with E-state index < -0.39 is 16.1 Å². The number of ether oxygens (including phenoxy) is 1. The third kappa shape index (κ3) is 4.18. The number of nitrogens with zero attached hydrogens (tertiary/aromatic N) is 2. The number of sulfonamides is 1. The van der Waals surface area contributed by atoms with Crippen molar-refractivity contribution in [3.63, 3.8) is 0 Å². The maximum absolute atomic E-state index is 12.3. The molecule has 1 aromatic carbocycles. The summed E-state index contributed by atoms with van der Waals surface area (Å²) in [6.07, 6.45) is 0.600. The van der Waals surface area contributed by atoms with Gasteiger partial charge in [-0.15, -0.1) is 0 Å². The molecule has 1 heterocycles. The van der Waals surface area contributed by atoms with Gasteiger partial charge in [0.25, 0.3) is 5.91 Å². The van der Waals surface area contributed by atoms with Gasteiger partial charge in [-0.25, -0.2) is 8.42 Å². The number of para-hydroxylation sites is 1. The fourth-order valence-corrected chi connectivity index (χ4v) is 3.08. The molecule has 21 heavy (non-hydrogen) atoms. The van der Waals surface area contributed by atoms with Gasteiger partial charge < -0.3 is 9.64 Å². The molecule has 116 valence electrons. The summed E-state index contributed by atoms with van der Waals surface area (Å²) < 4.78 is 29.9. The van der Waals surface area contributed by atoms with Crippen molar-refractivity contribution in [2.45, 2.75) is 13.0 Å². The molecule has 0 N–H and O–H groups in total. The monoisotopic (exact) mass is 312 g/mol. The van der Waals surface area contributed by atoms with Crippen molar-refractivity contribution in [2.24, 2.45) is 0 Å². The topological polar surface area (TPSA) is 66.9 Å². The van der Waals surface area contributed by atoms with E-state index in [2.05, 4.69) is 0 Å². The lowest BCUT2D eigenvalue weighted by Gasteiger charge is -2.34. The van der Waals surface area contributed by atoms with Crippen molar-refractivity contribution in [1.82, 2.24) is 9.21 Å². The van der Waals surface area contributed by atoms with E-state index in [1.54, 1.807) is 24.0 Å². The van der Waals surface area contributed by atoms with Gasteiger partial charge in [0.1, 0.15) is 5.75 Å². The largest absolute Gasteiger partial charge is 0.481 e. The summed E-state index contributed by atoms with van der Waals surface area (Å²) in [6.45, 7) is 3.17. The first-order chi connectivity index (χ1) is 9.88. The standard InChI is InChI=1S/C14H20N2O4S/c1-12(20-13-6-4-3-5-7-13)14(17)15-8-10-16(11-9-15)21(2,18)19/h3-7,12H,8-11H2,1-2H3. The lowest BCUT2D eigenvalue weighted by molar-refractivity contribution is -0.139. The first kappa shape index (κ1) is 15.8. The lowest BCUT2D eigenvalue weighted by Crippen LogP contribution is -2.53. The molecule has 0 bridgehead atoms. The Balaban J connectivity index is 1.90. The zero-order chi connectivity index (χ0) is 15.5. The number of rotatable bonds is 4. The predicted molar refractivity (Wildman–Crippen MR) is 79.5 cm³/mol. The molecule has 1 saturated heterocycles. The van der Waals surface area contributed by atoms with E-state index in [4.69, 9.17) is 4.74 Å². The molecule has 1 aromatic rings. The molecule has 0 spiro atoms. The SMILES string of the molecule is CC(Oc1ccccc1)C(=O)N1CCN(S(C)(=O)=O)CC1. The van der Waals surface area contributed by atoms with Crippen molar-refractivity contribution < 1.29 is 17.9 Å². The minimum absolute atomic E-state index is 0.119. The second kappa shape index (κ2) is 6.44. The molecule has 1 amide bonds. The number of carbonyl (C=O) groups is 1. The molecule has 7 heteroatoms. The molecule has 1 unspecified atom stereocenters. The second-order valence-electron chi connectivity index (χ2n) is 5.06. The van der Waals surface area contributed by atoms with Gasteiger partial charge >= 0.3 is 0 Å². The van der Waals surface area contributed by atoms with Gasteiger partial charge in [0, 0.05) is 26.2 Å². The quantitative estimate of drug-likeness (QED) is 0.815. The van der Waals surface area contributed by atoms with E-state index >= 15 is 0 Å². The van der Waals surface area contributed by atoms with Crippen molar-refractivity contribution in [3.8, 4) is 5.75 Å². The van der Waals surface area contributed by atoms with Crippen LogP contribution in [0.4, 0.5) is 0 Å². The highest BCUT2D eigenvalue weighted by molar-refractivity contribution is 7.88. The highest BCUT2D eigenvalue weighted by Crippen LogP contribution is 2.13. The van der Waals surface area contributed by atoms with E-state index in [9.17, 15) is 13.2 Å². The minimum atomic E-state index is -3.18. The van der Waals surface area contributed by atoms with Crippen LogP contribution in [-0.2, 0) is 14.8 Å². The summed E-state index contributed by atoms with van der Waals surface area (Å²) in [5.74, 6) is 0.528. The fourth-order valence-electron chi connectivity index (χ4n) is 2.25. The third-order valence-electron chi connectivity index (χ3n) is 3.42. The molecule has 0 aromatic heterocycles. The van der Waals surface area contributed by atoms with Gasteiger partial charge in [-0.3, -0.25) is 4.79 Å². The van der Waals surface area contributed by atoms with Crippen LogP contribution in [0.1, 0.15) is 6.92 Å². The molecular formula is C14H20N2O4S. The summed E-state index contributed by atoms with van der Waals surface area (Å²) in [7, 11) is -3.18. The second-order valence-corrected chi connectivity index (χ2v) is 7.04. The Bertz CT molecular complexity index is 580. The number of hydrogen-bond acceptors (Lipinski definition) is 4. The predicted octanol–water partition coefficient (Wildman–Crippen LogP) is 0.558. The van der Waals surface area contributed by atoms with Crippen molar-refractivity contribution in [1.29, 1.82) is 0 Å². The fraction of sp³-hybridized carbons (Fsp3) is 0.500. The Labute approximate surface area is 125 Å². The number of hydrogen-bond donors (Lipinski definition) is 0. The number of benzene rings is 1. The van der Waals surface area contributed by atoms with Crippen LogP contribution in [0.25, 0.3) is 0 Å². The van der Waals surface area contributed by atoms with Crippen LogP contribution in [0.15, 0.2) is 30.3 Å². The molecule has 2 rings (SSSR count). The van der Waals surface area contributed by atoms with Crippen LogP contribution in [-0.4, -0.2) is 62.1 Å². The smallest absolute Gasteiger partial charge is 0.263 e. The molecule has 0 radical (unpaired) electrons. The van der Waals surface area contributed by atoms with E-state index in [1.807, 2.05) is 18.2 Å². The average molecular weight is 312 g/mol. The number of carbonyl (C=O) groups excluding carboxylic acids is 1. The van der Waals surface area contributed by atoms with E-state index in [0.29, 0.717) is 31.9 Å². The summed E-state index contributed by atoms with van der Waals surface area (Å²) in [5.41, 5.74) is 0. The molecule has 1 aliphatic rings. The first-order valence-corrected chi connectivity index (χ1v) is 8.68. The average Bonchev–Trinajstić information content (AvgIpc) is 2.46. The maximum atomic E-state index is 12.3. The zero-order valence-corrected chi connectivity index (χ0v) is 13.0. The van der Waals surface area contributed by atoms with Gasteiger partial charge in [-0.1, -0.05) is 18.2 Å². The third-order valence-corrected chi connectivity index (χ3v) is 4.73. The van der Waals surface area contributed by atoms with E-state index in [-0.39, 0.29) is 5.91 Å². The highest BCUT2D eigenvalue weighted by Gasteiger charge is 2.29. The Hall–Kier alpha value is -1.60. The summed E-state index contributed by atoms with van der Waals surface area (Å²) in [4.78, 5) is 13.9. The first-order valence-electron chi connectivity index (χ1n) is 6.83. The molecule has 0 saturated carbocycles. The van der Waals surface area contributed by atoms with E-state index in [0.717, 1.165) is 0 Å². The van der Waals surface area contributed by atoms with Crippen LogP contribution in [0, 0.1) is 0 Å². The molecule has 1 atom stereocenters. The summed E-state index contributed by atoms with van der Waals surface area (Å²) in [6, 6.07) is 9.16. The van der Waals surface area contributed by atoms with Crippen LogP contribution in [0.2, 0.25) is 0 Å². The van der Waals surface area contributed by atoms with Crippen LogP contribution in [0.3, 0.4) is 0 Å². The van der Waals surface area contributed by atoms with Gasteiger partial charge in [0.2, 0.25) is 10.0 Å². The van der Waals surface area contributed by atoms with Crippen LogP contribution < -0.4 is 4.74 Å². The van der Waals surface area contributed by atoms with Crippen molar-refractivity contribution in [3.05, 3.63) is 30.3 Å². The molecule has 6 nitrogen and oxygen atoms in total. The van der Waals surface area contributed by atoms with Crippen LogP contribution in [0.5, 0.6) is 5.75 Å². The van der Waals surface area contributed by atoms with Gasteiger partial charge in [-0.2, -0.15) is 4.31 Å². The molecule has 0 aliphatic carbocycles. The minimum Gasteiger partial charge on any atom is -0.481 e. The Morgan fingerprint density at radius 3 is 2.24 bits per heavy atom. The Morgan fingerprint density at radius 1 is 1.14 bits per heavy atom. The molecule has 1 fully saturated rings. The van der Waals surface area contributed by atoms with Crippen molar-refractivity contribution in [2.75, 3.05) is 32.4 Å². The number of amides is 1. The summed E-state index contributed by atoms with van der Waals surface area (Å²) in [5, 5.41) is 0. The van der Waals surface area contributed by atoms with Crippen LogP contribution >= 0.6 is 0 Å². The Kier molecular flexibility index (Phi) is 4.84. The maximum Gasteiger partial charge on any atom is 0.263 e. The highest BCUT2D eigenvalue weighted by atomic mass is 32.2. The van der Waals surface area contributed by atoms with Gasteiger partial charge in [0.05, 0.1) is 6.26 Å². The zero-order valence-electron chi connectivity index (χ0n) is 12.2. The lowest BCUT2D eigenvalue weighted by atomic mass is 10.3. The molecular weight excluding hydrogens is 292 g/mol. The van der Waals surface area contributed by atoms with E-state index in [1.165, 1.54) is 10.6 Å².